The predicted octanol–water partition coefficient (Wildman–Crippen LogP) is 2.68. The standard InChI is InChI=1S/C8H7F3/c9-8(10,11)7-3-1-6(5-7)2-4-7/h1-4,6H,5H2. The van der Waals surface area contributed by atoms with E-state index in [1.54, 1.807) is 12.2 Å². The van der Waals surface area contributed by atoms with Crippen LogP contribution in [0.2, 0.25) is 0 Å². The molecule has 0 atom stereocenters. The Morgan fingerprint density at radius 1 is 1.18 bits per heavy atom. The lowest BCUT2D eigenvalue weighted by Gasteiger charge is -2.24. The molecule has 0 nitrogen and oxygen atoms in total. The molecule has 0 aromatic carbocycles. The Balaban J connectivity index is 2.38. The highest BCUT2D eigenvalue weighted by atomic mass is 19.4. The SMILES string of the molecule is FC(F)(F)C12C=CC(C=C1)C2. The summed E-state index contributed by atoms with van der Waals surface area (Å²) >= 11 is 0. The molecule has 60 valence electrons. The van der Waals surface area contributed by atoms with E-state index in [1.807, 2.05) is 0 Å². The average Bonchev–Trinajstić information content (AvgIpc) is 2.42. The summed E-state index contributed by atoms with van der Waals surface area (Å²) in [5, 5.41) is 0. The largest absolute Gasteiger partial charge is 0.401 e. The Hall–Kier alpha value is -0.730. The van der Waals surface area contributed by atoms with Crippen LogP contribution in [0.3, 0.4) is 0 Å². The van der Waals surface area contributed by atoms with Gasteiger partial charge in [-0.05, 0) is 12.3 Å². The molecule has 0 amide bonds. The second-order valence-electron chi connectivity index (χ2n) is 3.12. The highest BCUT2D eigenvalue weighted by Gasteiger charge is 2.55. The van der Waals surface area contributed by atoms with Gasteiger partial charge in [-0.15, -0.1) is 0 Å². The molecule has 2 aliphatic rings. The van der Waals surface area contributed by atoms with Gasteiger partial charge in [0.25, 0.3) is 0 Å². The van der Waals surface area contributed by atoms with Crippen LogP contribution in [-0.2, 0) is 0 Å². The lowest BCUT2D eigenvalue weighted by Crippen LogP contribution is -2.31. The van der Waals surface area contributed by atoms with Gasteiger partial charge in [-0.3, -0.25) is 0 Å². The lowest BCUT2D eigenvalue weighted by molar-refractivity contribution is -0.187. The fourth-order valence-electron chi connectivity index (χ4n) is 1.68. The van der Waals surface area contributed by atoms with E-state index < -0.39 is 11.6 Å². The molecule has 0 radical (unpaired) electrons. The smallest absolute Gasteiger partial charge is 0.170 e. The number of hydrogen-bond donors (Lipinski definition) is 0. The van der Waals surface area contributed by atoms with E-state index in [2.05, 4.69) is 0 Å². The molecular weight excluding hydrogens is 153 g/mol. The molecule has 2 rings (SSSR count). The Labute approximate surface area is 62.4 Å². The van der Waals surface area contributed by atoms with Crippen LogP contribution < -0.4 is 0 Å². The van der Waals surface area contributed by atoms with Crippen molar-refractivity contribution in [3.05, 3.63) is 24.3 Å². The molecule has 2 bridgehead atoms. The van der Waals surface area contributed by atoms with Crippen LogP contribution >= 0.6 is 0 Å². The molecule has 2 aliphatic carbocycles. The first-order valence-corrected chi connectivity index (χ1v) is 3.49. The van der Waals surface area contributed by atoms with Crippen molar-refractivity contribution >= 4 is 0 Å². The number of allylic oxidation sites excluding steroid dienone is 4. The maximum atomic E-state index is 12.3. The first-order valence-electron chi connectivity index (χ1n) is 3.49. The zero-order valence-corrected chi connectivity index (χ0v) is 5.73. The van der Waals surface area contributed by atoms with E-state index in [4.69, 9.17) is 0 Å². The summed E-state index contributed by atoms with van der Waals surface area (Å²) in [6.07, 6.45) is 1.90. The van der Waals surface area contributed by atoms with E-state index in [1.165, 1.54) is 12.2 Å². The summed E-state index contributed by atoms with van der Waals surface area (Å²) < 4.78 is 37.0. The van der Waals surface area contributed by atoms with Gasteiger partial charge >= 0.3 is 6.18 Å². The summed E-state index contributed by atoms with van der Waals surface area (Å²) in [6.45, 7) is 0. The van der Waals surface area contributed by atoms with Crippen molar-refractivity contribution in [3.8, 4) is 0 Å². The summed E-state index contributed by atoms with van der Waals surface area (Å²) in [6, 6.07) is 0. The van der Waals surface area contributed by atoms with Gasteiger partial charge in [0.2, 0.25) is 0 Å². The maximum Gasteiger partial charge on any atom is 0.401 e. The molecule has 0 unspecified atom stereocenters. The lowest BCUT2D eigenvalue weighted by atomic mass is 9.89. The molecule has 3 heteroatoms. The van der Waals surface area contributed by atoms with Crippen LogP contribution in [0.5, 0.6) is 0 Å². The number of halogens is 3. The van der Waals surface area contributed by atoms with Gasteiger partial charge in [0.1, 0.15) is 5.41 Å². The van der Waals surface area contributed by atoms with Crippen LogP contribution in [-0.4, -0.2) is 6.18 Å². The van der Waals surface area contributed by atoms with E-state index in [9.17, 15) is 13.2 Å². The van der Waals surface area contributed by atoms with Gasteiger partial charge < -0.3 is 0 Å². The third kappa shape index (κ3) is 0.767. The Morgan fingerprint density at radius 3 is 1.91 bits per heavy atom. The summed E-state index contributed by atoms with van der Waals surface area (Å²) in [5.74, 6) is 0.0247. The monoisotopic (exact) mass is 160 g/mol. The number of rotatable bonds is 0. The van der Waals surface area contributed by atoms with E-state index in [-0.39, 0.29) is 12.3 Å². The summed E-state index contributed by atoms with van der Waals surface area (Å²) in [5.41, 5.74) is -1.61. The normalized spacial score (nSPS) is 40.5. The molecule has 0 spiro atoms. The maximum absolute atomic E-state index is 12.3. The quantitative estimate of drug-likeness (QED) is 0.478. The molecule has 0 N–H and O–H groups in total. The second-order valence-corrected chi connectivity index (χ2v) is 3.12. The highest BCUT2D eigenvalue weighted by Crippen LogP contribution is 2.53. The number of alkyl halides is 3. The number of fused-ring (bicyclic) bond motifs is 2. The van der Waals surface area contributed by atoms with E-state index >= 15 is 0 Å². The molecule has 0 fully saturated rings. The third-order valence-electron chi connectivity index (χ3n) is 2.38. The highest BCUT2D eigenvalue weighted by molar-refractivity contribution is 5.31. The second kappa shape index (κ2) is 1.71. The summed E-state index contributed by atoms with van der Waals surface area (Å²) in [7, 11) is 0. The molecular formula is C8H7F3. The molecule has 0 saturated heterocycles. The first-order chi connectivity index (χ1) is 5.04. The fourth-order valence-corrected chi connectivity index (χ4v) is 1.68. The van der Waals surface area contributed by atoms with Crippen molar-refractivity contribution in [2.24, 2.45) is 11.3 Å². The summed E-state index contributed by atoms with van der Waals surface area (Å²) in [4.78, 5) is 0. The molecule has 0 aromatic rings. The Bertz CT molecular complexity index is 220. The molecule has 0 aromatic heterocycles. The molecule has 11 heavy (non-hydrogen) atoms. The first kappa shape index (κ1) is 6.95. The van der Waals surface area contributed by atoms with Crippen molar-refractivity contribution in [3.63, 3.8) is 0 Å². The third-order valence-corrected chi connectivity index (χ3v) is 2.38. The van der Waals surface area contributed by atoms with Gasteiger partial charge in [-0.25, -0.2) is 0 Å². The van der Waals surface area contributed by atoms with Crippen molar-refractivity contribution in [1.82, 2.24) is 0 Å². The topological polar surface area (TPSA) is 0 Å². The molecule has 0 saturated carbocycles. The van der Waals surface area contributed by atoms with Crippen molar-refractivity contribution in [2.75, 3.05) is 0 Å². The Kier molecular flexibility index (Phi) is 1.08. The Morgan fingerprint density at radius 2 is 1.73 bits per heavy atom. The average molecular weight is 160 g/mol. The fraction of sp³-hybridized carbons (Fsp3) is 0.500. The zero-order chi connectivity index (χ0) is 8.11. The van der Waals surface area contributed by atoms with E-state index in [0.717, 1.165) is 0 Å². The van der Waals surface area contributed by atoms with Crippen molar-refractivity contribution in [1.29, 1.82) is 0 Å². The van der Waals surface area contributed by atoms with Gasteiger partial charge in [0.05, 0.1) is 0 Å². The van der Waals surface area contributed by atoms with Crippen LogP contribution in [0.15, 0.2) is 24.3 Å². The number of hydrogen-bond acceptors (Lipinski definition) is 0. The van der Waals surface area contributed by atoms with Gasteiger partial charge in [-0.1, -0.05) is 24.3 Å². The predicted molar refractivity (Wildman–Crippen MR) is 34.9 cm³/mol. The molecule has 0 heterocycles. The minimum absolute atomic E-state index is 0.0247. The van der Waals surface area contributed by atoms with Crippen LogP contribution in [0.1, 0.15) is 6.42 Å². The van der Waals surface area contributed by atoms with Crippen LogP contribution in [0.25, 0.3) is 0 Å². The molecule has 0 aliphatic heterocycles. The van der Waals surface area contributed by atoms with Crippen molar-refractivity contribution in [2.45, 2.75) is 12.6 Å². The van der Waals surface area contributed by atoms with Gasteiger partial charge in [0, 0.05) is 0 Å². The minimum Gasteiger partial charge on any atom is -0.170 e. The van der Waals surface area contributed by atoms with Crippen molar-refractivity contribution < 1.29 is 13.2 Å². The van der Waals surface area contributed by atoms with Gasteiger partial charge in [0.15, 0.2) is 0 Å². The van der Waals surface area contributed by atoms with E-state index in [0.29, 0.717) is 0 Å². The minimum atomic E-state index is -4.11. The zero-order valence-electron chi connectivity index (χ0n) is 5.73. The van der Waals surface area contributed by atoms with Crippen LogP contribution in [0, 0.1) is 11.3 Å². The van der Waals surface area contributed by atoms with Crippen LogP contribution in [0.4, 0.5) is 13.2 Å². The van der Waals surface area contributed by atoms with Gasteiger partial charge in [-0.2, -0.15) is 13.2 Å².